The van der Waals surface area contributed by atoms with Gasteiger partial charge < -0.3 is 9.88 Å². The first-order chi connectivity index (χ1) is 7.22. The van der Waals surface area contributed by atoms with Crippen molar-refractivity contribution in [3.63, 3.8) is 0 Å². The number of carbonyl (C=O) groups excluding carboxylic acids is 1. The number of aromatic amines is 1. The molecule has 1 unspecified atom stereocenters. The normalized spacial score (nSPS) is 20.3. The maximum atomic E-state index is 11.6. The average molecular weight is 202 g/mol. The molecule has 1 atom stereocenters. The van der Waals surface area contributed by atoms with Gasteiger partial charge in [-0.1, -0.05) is 0 Å². The van der Waals surface area contributed by atoms with E-state index in [1.165, 1.54) is 23.4 Å². The Morgan fingerprint density at radius 3 is 2.93 bits per heavy atom. The molecule has 1 aromatic heterocycles. The maximum Gasteiger partial charge on any atom is 0.228 e. The van der Waals surface area contributed by atoms with Crippen molar-refractivity contribution in [2.24, 2.45) is 5.92 Å². The molecular weight excluding hydrogens is 192 g/mol. The molecule has 0 aromatic carbocycles. The number of terminal acetylenes is 1. The minimum Gasteiger partial charge on any atom is -0.366 e. The number of hydrogen-bond donors (Lipinski definition) is 1. The van der Waals surface area contributed by atoms with Crippen molar-refractivity contribution in [1.82, 2.24) is 4.98 Å². The predicted octanol–water partition coefficient (Wildman–Crippen LogP) is 0.361. The lowest BCUT2D eigenvalue weighted by Crippen LogP contribution is -2.29. The molecule has 1 aliphatic heterocycles. The molecule has 1 N–H and O–H groups in total. The summed E-state index contributed by atoms with van der Waals surface area (Å²) < 4.78 is 0. The van der Waals surface area contributed by atoms with Gasteiger partial charge in [0.05, 0.1) is 0 Å². The van der Waals surface area contributed by atoms with Crippen LogP contribution in [0.3, 0.4) is 0 Å². The molecule has 4 nitrogen and oxygen atoms in total. The van der Waals surface area contributed by atoms with E-state index in [-0.39, 0.29) is 17.3 Å². The van der Waals surface area contributed by atoms with Crippen LogP contribution in [-0.2, 0) is 4.79 Å². The van der Waals surface area contributed by atoms with Crippen molar-refractivity contribution in [2.45, 2.75) is 6.42 Å². The SMILES string of the molecule is C#CC1CC(=O)N(c2c[nH]ccc2=O)C1. The number of carbonyl (C=O) groups is 1. The van der Waals surface area contributed by atoms with Crippen LogP contribution in [0, 0.1) is 18.3 Å². The number of H-pyrrole nitrogens is 1. The van der Waals surface area contributed by atoms with Gasteiger partial charge in [0.15, 0.2) is 0 Å². The Hall–Kier alpha value is -2.02. The standard InChI is InChI=1S/C11H10N2O2/c1-2-8-5-11(15)13(7-8)9-6-12-4-3-10(9)14/h1,3-4,6,8H,5,7H2,(H,12,14). The van der Waals surface area contributed by atoms with Crippen molar-refractivity contribution in [2.75, 3.05) is 11.4 Å². The monoisotopic (exact) mass is 202 g/mol. The molecule has 2 heterocycles. The number of pyridine rings is 1. The quantitative estimate of drug-likeness (QED) is 0.668. The summed E-state index contributed by atoms with van der Waals surface area (Å²) in [6.07, 6.45) is 8.64. The maximum absolute atomic E-state index is 11.6. The van der Waals surface area contributed by atoms with Crippen LogP contribution < -0.4 is 10.3 Å². The van der Waals surface area contributed by atoms with E-state index >= 15 is 0 Å². The summed E-state index contributed by atoms with van der Waals surface area (Å²) in [6, 6.07) is 1.39. The van der Waals surface area contributed by atoms with E-state index in [1.54, 1.807) is 0 Å². The minimum absolute atomic E-state index is 0.0860. The number of rotatable bonds is 1. The average Bonchev–Trinajstić information content (AvgIpc) is 2.60. The van der Waals surface area contributed by atoms with Crippen LogP contribution in [0.4, 0.5) is 5.69 Å². The Labute approximate surface area is 86.9 Å². The van der Waals surface area contributed by atoms with E-state index in [2.05, 4.69) is 10.9 Å². The van der Waals surface area contributed by atoms with Gasteiger partial charge in [0.2, 0.25) is 11.3 Å². The summed E-state index contributed by atoms with van der Waals surface area (Å²) in [5.74, 6) is 2.36. The summed E-state index contributed by atoms with van der Waals surface area (Å²) in [7, 11) is 0. The lowest BCUT2D eigenvalue weighted by atomic mass is 10.1. The third-order valence-corrected chi connectivity index (χ3v) is 2.45. The zero-order valence-electron chi connectivity index (χ0n) is 8.06. The van der Waals surface area contributed by atoms with Crippen molar-refractivity contribution in [1.29, 1.82) is 0 Å². The molecule has 1 fully saturated rings. The van der Waals surface area contributed by atoms with Crippen LogP contribution in [0.15, 0.2) is 23.3 Å². The Morgan fingerprint density at radius 1 is 1.53 bits per heavy atom. The van der Waals surface area contributed by atoms with Gasteiger partial charge in [-0.25, -0.2) is 0 Å². The first-order valence-electron chi connectivity index (χ1n) is 4.66. The molecule has 2 rings (SSSR count). The van der Waals surface area contributed by atoms with Crippen molar-refractivity contribution < 1.29 is 4.79 Å². The van der Waals surface area contributed by atoms with E-state index in [1.807, 2.05) is 0 Å². The molecule has 1 aliphatic rings. The number of nitrogens with one attached hydrogen (secondary N) is 1. The lowest BCUT2D eigenvalue weighted by Gasteiger charge is -2.14. The van der Waals surface area contributed by atoms with Gasteiger partial charge in [-0.3, -0.25) is 9.59 Å². The highest BCUT2D eigenvalue weighted by Crippen LogP contribution is 2.20. The molecule has 0 saturated carbocycles. The fraction of sp³-hybridized carbons (Fsp3) is 0.273. The highest BCUT2D eigenvalue weighted by Gasteiger charge is 2.30. The van der Waals surface area contributed by atoms with E-state index in [9.17, 15) is 9.59 Å². The Morgan fingerprint density at radius 2 is 2.33 bits per heavy atom. The molecule has 1 saturated heterocycles. The highest BCUT2D eigenvalue weighted by atomic mass is 16.2. The lowest BCUT2D eigenvalue weighted by molar-refractivity contribution is -0.117. The van der Waals surface area contributed by atoms with Gasteiger partial charge in [-0.2, -0.15) is 0 Å². The topological polar surface area (TPSA) is 53.2 Å². The first kappa shape index (κ1) is 9.53. The molecular formula is C11H10N2O2. The summed E-state index contributed by atoms with van der Waals surface area (Å²) >= 11 is 0. The van der Waals surface area contributed by atoms with Gasteiger partial charge in [0.1, 0.15) is 5.69 Å². The van der Waals surface area contributed by atoms with Gasteiger partial charge >= 0.3 is 0 Å². The molecule has 76 valence electrons. The summed E-state index contributed by atoms with van der Waals surface area (Å²) in [6.45, 7) is 0.433. The first-order valence-corrected chi connectivity index (χ1v) is 4.66. The summed E-state index contributed by atoms with van der Waals surface area (Å²) in [5, 5.41) is 0. The fourth-order valence-corrected chi connectivity index (χ4v) is 1.67. The highest BCUT2D eigenvalue weighted by molar-refractivity contribution is 5.95. The zero-order valence-corrected chi connectivity index (χ0v) is 8.06. The molecule has 0 spiro atoms. The van der Waals surface area contributed by atoms with Crippen molar-refractivity contribution in [3.8, 4) is 12.3 Å². The van der Waals surface area contributed by atoms with E-state index in [0.29, 0.717) is 18.7 Å². The van der Waals surface area contributed by atoms with Gasteiger partial charge in [-0.05, 0) is 0 Å². The van der Waals surface area contributed by atoms with E-state index in [4.69, 9.17) is 6.42 Å². The largest absolute Gasteiger partial charge is 0.366 e. The van der Waals surface area contributed by atoms with Crippen LogP contribution >= 0.6 is 0 Å². The molecule has 15 heavy (non-hydrogen) atoms. The molecule has 1 aromatic rings. The molecule has 1 amide bonds. The minimum atomic E-state index is -0.167. The molecule has 0 bridgehead atoms. The second kappa shape index (κ2) is 3.62. The van der Waals surface area contributed by atoms with E-state index < -0.39 is 0 Å². The number of aromatic nitrogens is 1. The smallest absolute Gasteiger partial charge is 0.228 e. The Balaban J connectivity index is 2.34. The predicted molar refractivity (Wildman–Crippen MR) is 56.4 cm³/mol. The Bertz CT molecular complexity index is 484. The van der Waals surface area contributed by atoms with Crippen LogP contribution in [0.2, 0.25) is 0 Å². The summed E-state index contributed by atoms with van der Waals surface area (Å²) in [4.78, 5) is 27.3. The molecule has 0 aliphatic carbocycles. The van der Waals surface area contributed by atoms with Crippen LogP contribution in [-0.4, -0.2) is 17.4 Å². The second-order valence-corrected chi connectivity index (χ2v) is 3.47. The third-order valence-electron chi connectivity index (χ3n) is 2.45. The number of amides is 1. The molecule has 4 heteroatoms. The fourth-order valence-electron chi connectivity index (χ4n) is 1.67. The van der Waals surface area contributed by atoms with Crippen LogP contribution in [0.5, 0.6) is 0 Å². The Kier molecular flexibility index (Phi) is 2.30. The van der Waals surface area contributed by atoms with Crippen molar-refractivity contribution in [3.05, 3.63) is 28.7 Å². The van der Waals surface area contributed by atoms with E-state index in [0.717, 1.165) is 0 Å². The molecule has 0 radical (unpaired) electrons. The van der Waals surface area contributed by atoms with Gasteiger partial charge in [0, 0.05) is 37.3 Å². The second-order valence-electron chi connectivity index (χ2n) is 3.47. The zero-order chi connectivity index (χ0) is 10.8. The van der Waals surface area contributed by atoms with Gasteiger partial charge in [0.25, 0.3) is 0 Å². The summed E-state index contributed by atoms with van der Waals surface area (Å²) in [5.41, 5.74) is 0.208. The van der Waals surface area contributed by atoms with Crippen LogP contribution in [0.1, 0.15) is 6.42 Å². The van der Waals surface area contributed by atoms with Crippen molar-refractivity contribution >= 4 is 11.6 Å². The number of hydrogen-bond acceptors (Lipinski definition) is 2. The van der Waals surface area contributed by atoms with Gasteiger partial charge in [-0.15, -0.1) is 12.3 Å². The third kappa shape index (κ3) is 1.64. The number of anilines is 1. The van der Waals surface area contributed by atoms with Crippen LogP contribution in [0.25, 0.3) is 0 Å². The number of nitrogens with zero attached hydrogens (tertiary/aromatic N) is 1.